The van der Waals surface area contributed by atoms with Crippen LogP contribution in [0.2, 0.25) is 0 Å². The Kier molecular flexibility index (Phi) is 5.74. The molecule has 1 atom stereocenters. The Hall–Kier alpha value is -1.19. The second-order valence-corrected chi connectivity index (χ2v) is 5.67. The van der Waals surface area contributed by atoms with E-state index >= 15 is 0 Å². The van der Waals surface area contributed by atoms with Gasteiger partial charge >= 0.3 is 0 Å². The summed E-state index contributed by atoms with van der Waals surface area (Å²) in [6.07, 6.45) is 4.89. The van der Waals surface area contributed by atoms with Crippen LogP contribution in [-0.2, 0) is 11.2 Å². The molecule has 0 aromatic heterocycles. The zero-order chi connectivity index (χ0) is 14.4. The molecular formula is C17H25NO2. The van der Waals surface area contributed by atoms with Crippen molar-refractivity contribution < 1.29 is 9.90 Å². The normalized spacial score (nSPS) is 18.1. The molecule has 1 aliphatic carbocycles. The van der Waals surface area contributed by atoms with E-state index in [1.165, 1.54) is 17.5 Å². The summed E-state index contributed by atoms with van der Waals surface area (Å²) in [4.78, 5) is 13.7. The molecule has 0 spiro atoms. The average Bonchev–Trinajstić information content (AvgIpc) is 2.47. The maximum atomic E-state index is 11.3. The van der Waals surface area contributed by atoms with Crippen molar-refractivity contribution in [3.05, 3.63) is 35.4 Å². The molecule has 1 aromatic carbocycles. The van der Waals surface area contributed by atoms with Gasteiger partial charge in [-0.1, -0.05) is 24.3 Å². The number of benzene rings is 1. The number of aryl methyl sites for hydroxylation is 1. The first-order chi connectivity index (χ1) is 9.72. The van der Waals surface area contributed by atoms with Crippen LogP contribution in [0, 0.1) is 0 Å². The predicted octanol–water partition coefficient (Wildman–Crippen LogP) is 2.73. The molecule has 0 aliphatic heterocycles. The first-order valence-corrected chi connectivity index (χ1v) is 7.64. The number of hydrogen-bond acceptors (Lipinski definition) is 3. The maximum absolute atomic E-state index is 11.3. The number of fused-ring (bicyclic) bond motifs is 1. The zero-order valence-electron chi connectivity index (χ0n) is 12.3. The van der Waals surface area contributed by atoms with Gasteiger partial charge in [-0.05, 0) is 43.7 Å². The van der Waals surface area contributed by atoms with E-state index < -0.39 is 0 Å². The molecule has 0 amide bonds. The van der Waals surface area contributed by atoms with Crippen LogP contribution >= 0.6 is 0 Å². The van der Waals surface area contributed by atoms with Crippen molar-refractivity contribution >= 4 is 5.78 Å². The Morgan fingerprint density at radius 3 is 2.90 bits per heavy atom. The van der Waals surface area contributed by atoms with E-state index in [-0.39, 0.29) is 12.4 Å². The maximum Gasteiger partial charge on any atom is 0.131 e. The summed E-state index contributed by atoms with van der Waals surface area (Å²) >= 11 is 0. The molecular weight excluding hydrogens is 250 g/mol. The molecule has 0 heterocycles. The fraction of sp³-hybridized carbons (Fsp3) is 0.588. The smallest absolute Gasteiger partial charge is 0.131 e. The minimum absolute atomic E-state index is 0.213. The molecule has 1 N–H and O–H groups in total. The van der Waals surface area contributed by atoms with E-state index in [0.29, 0.717) is 12.5 Å². The summed E-state index contributed by atoms with van der Waals surface area (Å²) in [7, 11) is 0. The van der Waals surface area contributed by atoms with Crippen molar-refractivity contribution in [3.8, 4) is 0 Å². The molecule has 0 radical (unpaired) electrons. The summed E-state index contributed by atoms with van der Waals surface area (Å²) in [6.45, 7) is 3.53. The number of aliphatic hydroxyl groups excluding tert-OH is 1. The van der Waals surface area contributed by atoms with E-state index in [0.717, 1.165) is 32.4 Å². The van der Waals surface area contributed by atoms with Crippen LogP contribution in [0.5, 0.6) is 0 Å². The minimum atomic E-state index is 0.213. The van der Waals surface area contributed by atoms with Crippen LogP contribution in [0.25, 0.3) is 0 Å². The van der Waals surface area contributed by atoms with Crippen LogP contribution in [0.3, 0.4) is 0 Å². The van der Waals surface area contributed by atoms with Gasteiger partial charge in [-0.3, -0.25) is 9.69 Å². The predicted molar refractivity (Wildman–Crippen MR) is 80.7 cm³/mol. The van der Waals surface area contributed by atoms with Crippen molar-refractivity contribution in [2.24, 2.45) is 0 Å². The molecule has 20 heavy (non-hydrogen) atoms. The van der Waals surface area contributed by atoms with E-state index in [1.807, 2.05) is 0 Å². The standard InChI is InChI=1S/C17H25NO2/c1-14(20)10-12-18(11-5-13-19)17-9-4-7-15-6-2-3-8-16(15)17/h2-3,6,8,17,19H,4-5,7,9-13H2,1H3. The van der Waals surface area contributed by atoms with Crippen LogP contribution in [0.1, 0.15) is 49.8 Å². The number of ketones is 1. The van der Waals surface area contributed by atoms with Gasteiger partial charge in [0.2, 0.25) is 0 Å². The monoisotopic (exact) mass is 275 g/mol. The lowest BCUT2D eigenvalue weighted by Crippen LogP contribution is -2.34. The number of hydrogen-bond donors (Lipinski definition) is 1. The third-order valence-corrected chi connectivity index (χ3v) is 4.13. The van der Waals surface area contributed by atoms with E-state index in [9.17, 15) is 4.79 Å². The fourth-order valence-electron chi connectivity index (χ4n) is 3.11. The Labute approximate surface area is 121 Å². The largest absolute Gasteiger partial charge is 0.396 e. The molecule has 110 valence electrons. The van der Waals surface area contributed by atoms with Crippen LogP contribution < -0.4 is 0 Å². The Bertz CT molecular complexity index is 444. The molecule has 0 bridgehead atoms. The van der Waals surface area contributed by atoms with Gasteiger partial charge in [0, 0.05) is 32.2 Å². The van der Waals surface area contributed by atoms with Gasteiger partial charge in [-0.15, -0.1) is 0 Å². The van der Waals surface area contributed by atoms with Crippen LogP contribution in [0.4, 0.5) is 0 Å². The first kappa shape index (κ1) is 15.2. The molecule has 0 fully saturated rings. The van der Waals surface area contributed by atoms with Crippen molar-refractivity contribution in [2.45, 2.75) is 45.1 Å². The minimum Gasteiger partial charge on any atom is -0.396 e. The van der Waals surface area contributed by atoms with Crippen LogP contribution in [-0.4, -0.2) is 35.5 Å². The number of carbonyl (C=O) groups is 1. The SMILES string of the molecule is CC(=O)CCN(CCCO)C1CCCc2ccccc21. The third kappa shape index (κ3) is 3.90. The first-order valence-electron chi connectivity index (χ1n) is 7.64. The van der Waals surface area contributed by atoms with Gasteiger partial charge in [-0.2, -0.15) is 0 Å². The molecule has 2 rings (SSSR count). The number of Topliss-reactive ketones (excluding diaryl/α,β-unsaturated/α-hetero) is 1. The Balaban J connectivity index is 2.13. The van der Waals surface area contributed by atoms with Crippen LogP contribution in [0.15, 0.2) is 24.3 Å². The van der Waals surface area contributed by atoms with Crippen molar-refractivity contribution in [1.29, 1.82) is 0 Å². The highest BCUT2D eigenvalue weighted by Crippen LogP contribution is 2.34. The van der Waals surface area contributed by atoms with E-state index in [2.05, 4.69) is 29.2 Å². The number of aliphatic hydroxyl groups is 1. The molecule has 3 heteroatoms. The van der Waals surface area contributed by atoms with E-state index in [1.54, 1.807) is 6.92 Å². The Morgan fingerprint density at radius 1 is 1.35 bits per heavy atom. The quantitative estimate of drug-likeness (QED) is 0.832. The fourth-order valence-corrected chi connectivity index (χ4v) is 3.11. The summed E-state index contributed by atoms with van der Waals surface area (Å²) < 4.78 is 0. The Morgan fingerprint density at radius 2 is 2.15 bits per heavy atom. The van der Waals surface area contributed by atoms with Gasteiger partial charge < -0.3 is 5.11 Å². The summed E-state index contributed by atoms with van der Waals surface area (Å²) in [5.41, 5.74) is 2.86. The second-order valence-electron chi connectivity index (χ2n) is 5.67. The van der Waals surface area contributed by atoms with Gasteiger partial charge in [0.1, 0.15) is 5.78 Å². The lowest BCUT2D eigenvalue weighted by molar-refractivity contribution is -0.117. The molecule has 3 nitrogen and oxygen atoms in total. The lowest BCUT2D eigenvalue weighted by atomic mass is 9.86. The molecule has 0 saturated heterocycles. The van der Waals surface area contributed by atoms with Crippen molar-refractivity contribution in [2.75, 3.05) is 19.7 Å². The van der Waals surface area contributed by atoms with Gasteiger partial charge in [0.15, 0.2) is 0 Å². The van der Waals surface area contributed by atoms with Gasteiger partial charge in [0.05, 0.1) is 0 Å². The third-order valence-electron chi connectivity index (χ3n) is 4.13. The van der Waals surface area contributed by atoms with Crippen molar-refractivity contribution in [1.82, 2.24) is 4.90 Å². The van der Waals surface area contributed by atoms with Crippen molar-refractivity contribution in [3.63, 3.8) is 0 Å². The molecule has 1 aromatic rings. The van der Waals surface area contributed by atoms with Gasteiger partial charge in [0.25, 0.3) is 0 Å². The lowest BCUT2D eigenvalue weighted by Gasteiger charge is -2.35. The number of carbonyl (C=O) groups excluding carboxylic acids is 1. The molecule has 1 aliphatic rings. The topological polar surface area (TPSA) is 40.5 Å². The zero-order valence-corrected chi connectivity index (χ0v) is 12.3. The molecule has 0 saturated carbocycles. The highest BCUT2D eigenvalue weighted by Gasteiger charge is 2.25. The number of nitrogens with zero attached hydrogens (tertiary/aromatic N) is 1. The summed E-state index contributed by atoms with van der Waals surface area (Å²) in [5, 5.41) is 9.09. The second kappa shape index (κ2) is 7.55. The summed E-state index contributed by atoms with van der Waals surface area (Å²) in [5.74, 6) is 0.239. The number of rotatable bonds is 7. The average molecular weight is 275 g/mol. The summed E-state index contributed by atoms with van der Waals surface area (Å²) in [6, 6.07) is 9.06. The molecule has 1 unspecified atom stereocenters. The highest BCUT2D eigenvalue weighted by atomic mass is 16.3. The highest BCUT2D eigenvalue weighted by molar-refractivity contribution is 5.75. The van der Waals surface area contributed by atoms with E-state index in [4.69, 9.17) is 5.11 Å². The van der Waals surface area contributed by atoms with Gasteiger partial charge in [-0.25, -0.2) is 0 Å².